The lowest BCUT2D eigenvalue weighted by Gasteiger charge is -2.38. The molecule has 1 unspecified atom stereocenters. The van der Waals surface area contributed by atoms with Crippen molar-refractivity contribution in [2.45, 2.75) is 55.0 Å². The number of fused-ring (bicyclic) bond motifs is 4. The number of aromatic amines is 1. The van der Waals surface area contributed by atoms with E-state index in [1.54, 1.807) is 6.26 Å². The zero-order chi connectivity index (χ0) is 41.2. The van der Waals surface area contributed by atoms with Gasteiger partial charge in [0, 0.05) is 77.9 Å². The van der Waals surface area contributed by atoms with E-state index < -0.39 is 22.7 Å². The van der Waals surface area contributed by atoms with Crippen LogP contribution < -0.4 is 21.7 Å². The Bertz CT molecular complexity index is 2690. The first-order valence-electron chi connectivity index (χ1n) is 20.8. The smallest absolute Gasteiger partial charge is 0.496 e. The van der Waals surface area contributed by atoms with Gasteiger partial charge in [-0.15, -0.1) is 0 Å². The maximum absolute atomic E-state index is 13.9. The zero-order valence-corrected chi connectivity index (χ0v) is 34.5. The number of aromatic nitrogens is 1. The summed E-state index contributed by atoms with van der Waals surface area (Å²) in [5.74, 6) is 1.29. The molecular weight excluding hydrogens is 773 g/mol. The molecule has 0 aliphatic carbocycles. The van der Waals surface area contributed by atoms with Gasteiger partial charge in [0.05, 0.1) is 6.61 Å². The first-order valence-corrected chi connectivity index (χ1v) is 22.8. The van der Waals surface area contributed by atoms with E-state index in [1.165, 1.54) is 11.1 Å². The summed E-state index contributed by atoms with van der Waals surface area (Å²) in [6.45, 7) is 4.24. The van der Waals surface area contributed by atoms with E-state index in [1.807, 2.05) is 82.6 Å². The number of H-pyrrole nitrogens is 1. The number of nitrogens with two attached hydrogens (primary N) is 2. The fourth-order valence-electron chi connectivity index (χ4n) is 9.61. The molecule has 2 amide bonds. The number of carbonyl (C=O) groups excluding carboxylic acids is 3. The van der Waals surface area contributed by atoms with Gasteiger partial charge in [-0.2, -0.15) is 0 Å². The molecule has 10 rings (SSSR count). The summed E-state index contributed by atoms with van der Waals surface area (Å²) in [7, 11) is -3.41. The number of nitrogens with zero attached hydrogens (tertiary/aromatic N) is 2. The highest BCUT2D eigenvalue weighted by Gasteiger charge is 2.49. The van der Waals surface area contributed by atoms with Gasteiger partial charge in [0.25, 0.3) is 11.8 Å². The van der Waals surface area contributed by atoms with Gasteiger partial charge in [-0.25, -0.2) is 4.79 Å². The van der Waals surface area contributed by atoms with Crippen molar-refractivity contribution in [3.8, 4) is 5.75 Å². The zero-order valence-electron chi connectivity index (χ0n) is 33.7. The van der Waals surface area contributed by atoms with Gasteiger partial charge in [0.2, 0.25) is 0 Å². The minimum Gasteiger partial charge on any atom is -0.496 e. The molecule has 11 nitrogen and oxygen atoms in total. The molecule has 0 radical (unpaired) electrons. The summed E-state index contributed by atoms with van der Waals surface area (Å²) in [6.07, 6.45) is 5.24. The van der Waals surface area contributed by atoms with Crippen LogP contribution in [0.5, 0.6) is 5.75 Å². The minimum atomic E-state index is -2.50. The summed E-state index contributed by atoms with van der Waals surface area (Å²) in [6, 6.07) is 33.7. The van der Waals surface area contributed by atoms with Gasteiger partial charge in [-0.1, -0.05) is 66.7 Å². The Labute approximate surface area is 351 Å². The molecule has 4 aliphatic rings. The number of hydrogen-bond acceptors (Lipinski definition) is 8. The van der Waals surface area contributed by atoms with E-state index in [0.29, 0.717) is 68.5 Å². The predicted octanol–water partition coefficient (Wildman–Crippen LogP) is 7.10. The molecule has 306 valence electrons. The van der Waals surface area contributed by atoms with Crippen LogP contribution in [0.2, 0.25) is 0 Å². The number of rotatable bonds is 7. The molecule has 4 aliphatic heterocycles. The van der Waals surface area contributed by atoms with Crippen molar-refractivity contribution in [1.29, 1.82) is 0 Å². The monoisotopic (exact) mass is 821 g/mol. The fourth-order valence-corrected chi connectivity index (χ4v) is 11.4. The largest absolute Gasteiger partial charge is 0.576 e. The predicted molar refractivity (Wildman–Crippen MR) is 236 cm³/mol. The minimum absolute atomic E-state index is 0.0126. The molecule has 5 heterocycles. The lowest BCUT2D eigenvalue weighted by Crippen LogP contribution is -2.46. The molecule has 1 spiro atoms. The van der Waals surface area contributed by atoms with Gasteiger partial charge in [-0.3, -0.25) is 9.59 Å². The van der Waals surface area contributed by atoms with Crippen molar-refractivity contribution in [2.24, 2.45) is 11.5 Å². The number of ether oxygens (including phenoxy) is 1. The van der Waals surface area contributed by atoms with Crippen molar-refractivity contribution < 1.29 is 27.9 Å². The van der Waals surface area contributed by atoms with Crippen LogP contribution in [0.1, 0.15) is 74.7 Å². The number of piperidine rings is 2. The standard InChI is InChI=1S/C47H48BN5O6S/c1-60(37-11-12-38-34(24-37)6-3-7-39(38)44(54)52-18-14-32(15-19-52)33-5-2-4-30(22-33)27-49)46(56)58-48(59-60)36-10-9-35-25-42(51-41(35)26-36)45(55)53-20-16-47(17-21-53)29-57-43-13-8-31(28-50)23-40(43)47/h2-13,22-26,32,51H,14-21,27-29,49-50H2,1H3. The van der Waals surface area contributed by atoms with Gasteiger partial charge in [0.1, 0.15) is 11.4 Å². The summed E-state index contributed by atoms with van der Waals surface area (Å²) in [5, 5.41) is 2.15. The van der Waals surface area contributed by atoms with Crippen molar-refractivity contribution in [1.82, 2.24) is 14.8 Å². The molecule has 5 N–H and O–H groups in total. The fraction of sp³-hybridized carbons (Fsp3) is 0.298. The van der Waals surface area contributed by atoms with Crippen LogP contribution in [0.25, 0.3) is 21.7 Å². The normalized spacial score (nSPS) is 21.2. The Kier molecular flexibility index (Phi) is 9.74. The summed E-state index contributed by atoms with van der Waals surface area (Å²) in [5.41, 5.74) is 19.0. The van der Waals surface area contributed by atoms with E-state index in [2.05, 4.69) is 35.3 Å². The number of benzene rings is 5. The topological polar surface area (TPSA) is 153 Å². The molecule has 3 saturated heterocycles. The Morgan fingerprint density at radius 2 is 1.58 bits per heavy atom. The third-order valence-electron chi connectivity index (χ3n) is 13.3. The lowest BCUT2D eigenvalue weighted by atomic mass is 9.74. The third-order valence-corrected chi connectivity index (χ3v) is 15.7. The number of amides is 2. The molecule has 5 aromatic carbocycles. The molecule has 0 saturated carbocycles. The van der Waals surface area contributed by atoms with Crippen LogP contribution in [0, 0.1) is 0 Å². The van der Waals surface area contributed by atoms with Gasteiger partial charge >= 0.3 is 12.4 Å². The van der Waals surface area contributed by atoms with E-state index in [4.69, 9.17) is 25.0 Å². The number of carbonyl (C=O) groups is 3. The average molecular weight is 822 g/mol. The van der Waals surface area contributed by atoms with Crippen LogP contribution in [-0.4, -0.2) is 78.1 Å². The number of nitrogens with one attached hydrogen (secondary N) is 1. The molecular formula is C47H48BN5O6S. The Morgan fingerprint density at radius 1 is 0.817 bits per heavy atom. The second-order valence-corrected chi connectivity index (χ2v) is 19.5. The molecule has 13 heteroatoms. The van der Waals surface area contributed by atoms with Crippen molar-refractivity contribution >= 4 is 61.7 Å². The lowest BCUT2D eigenvalue weighted by molar-refractivity contribution is 0.0641. The molecule has 60 heavy (non-hydrogen) atoms. The van der Waals surface area contributed by atoms with Gasteiger partial charge in [0.15, 0.2) is 0 Å². The van der Waals surface area contributed by atoms with E-state index in [-0.39, 0.29) is 17.2 Å². The highest BCUT2D eigenvalue weighted by molar-refractivity contribution is 8.41. The molecule has 1 aromatic heterocycles. The Balaban J connectivity index is 0.813. The maximum atomic E-state index is 13.9. The Morgan fingerprint density at radius 3 is 2.38 bits per heavy atom. The van der Waals surface area contributed by atoms with Crippen molar-refractivity contribution in [2.75, 3.05) is 39.0 Å². The van der Waals surface area contributed by atoms with Crippen molar-refractivity contribution in [3.05, 3.63) is 137 Å². The van der Waals surface area contributed by atoms with Crippen molar-refractivity contribution in [3.63, 3.8) is 0 Å². The molecule has 0 bridgehead atoms. The van der Waals surface area contributed by atoms with Crippen LogP contribution in [0.15, 0.2) is 108 Å². The van der Waals surface area contributed by atoms with Crippen LogP contribution >= 0.6 is 10.3 Å². The second kappa shape index (κ2) is 15.1. The average Bonchev–Trinajstić information content (AvgIpc) is 3.98. The van der Waals surface area contributed by atoms with Crippen LogP contribution in [-0.2, 0) is 27.3 Å². The SMILES string of the molecule is CS1(c2ccc3c(C(=O)N4CCC(c5cccc(CN)c5)CC4)cccc3c2)OB(c2ccc3cc(C(=O)N4CCC5(CC4)COc4ccc(CN)cc45)[nH]c3c2)OC1=O. The van der Waals surface area contributed by atoms with Crippen LogP contribution in [0.4, 0.5) is 4.79 Å². The molecule has 3 fully saturated rings. The van der Waals surface area contributed by atoms with Crippen LogP contribution in [0.3, 0.4) is 0 Å². The summed E-state index contributed by atoms with van der Waals surface area (Å²) >= 11 is 0. The third kappa shape index (κ3) is 6.64. The second-order valence-electron chi connectivity index (χ2n) is 16.8. The first-order chi connectivity index (χ1) is 29.1. The first kappa shape index (κ1) is 38.6. The van der Waals surface area contributed by atoms with E-state index in [0.717, 1.165) is 69.1 Å². The quantitative estimate of drug-likeness (QED) is 0.144. The van der Waals surface area contributed by atoms with Gasteiger partial charge < -0.3 is 39.7 Å². The highest BCUT2D eigenvalue weighted by Crippen LogP contribution is 2.59. The summed E-state index contributed by atoms with van der Waals surface area (Å²) < 4.78 is 18.5. The Hall–Kier alpha value is -5.60. The van der Waals surface area contributed by atoms with E-state index in [9.17, 15) is 14.4 Å². The van der Waals surface area contributed by atoms with Gasteiger partial charge in [-0.05, 0) is 111 Å². The molecule has 1 atom stereocenters. The molecule has 6 aromatic rings. The maximum Gasteiger partial charge on any atom is 0.576 e. The summed E-state index contributed by atoms with van der Waals surface area (Å²) in [4.78, 5) is 49.3. The van der Waals surface area contributed by atoms with E-state index >= 15 is 0 Å². The highest BCUT2D eigenvalue weighted by atomic mass is 32.3. The number of likely N-dealkylation sites (tertiary alicyclic amines) is 2. The number of hydrogen-bond donors (Lipinski definition) is 3.